The SMILES string of the molecule is FC(F)(F)CONCc1cccc(Oc2ccccc2)c1. The lowest BCUT2D eigenvalue weighted by molar-refractivity contribution is -0.190. The molecule has 6 heteroatoms. The van der Waals surface area contributed by atoms with Crippen LogP contribution in [0.3, 0.4) is 0 Å². The number of hydrogen-bond acceptors (Lipinski definition) is 3. The normalized spacial score (nSPS) is 11.4. The lowest BCUT2D eigenvalue weighted by Gasteiger charge is -2.10. The fourth-order valence-corrected chi connectivity index (χ4v) is 1.61. The van der Waals surface area contributed by atoms with E-state index in [1.807, 2.05) is 30.3 Å². The summed E-state index contributed by atoms with van der Waals surface area (Å²) in [4.78, 5) is 4.34. The number of para-hydroxylation sites is 1. The van der Waals surface area contributed by atoms with Crippen molar-refractivity contribution in [2.24, 2.45) is 0 Å². The molecule has 2 aromatic rings. The fraction of sp³-hybridized carbons (Fsp3) is 0.200. The minimum Gasteiger partial charge on any atom is -0.457 e. The molecule has 0 amide bonds. The van der Waals surface area contributed by atoms with E-state index in [0.29, 0.717) is 11.5 Å². The van der Waals surface area contributed by atoms with Crippen molar-refractivity contribution in [1.29, 1.82) is 0 Å². The maximum atomic E-state index is 11.9. The highest BCUT2D eigenvalue weighted by Gasteiger charge is 2.27. The Morgan fingerprint density at radius 1 is 0.905 bits per heavy atom. The predicted molar refractivity (Wildman–Crippen MR) is 71.8 cm³/mol. The molecule has 0 aliphatic carbocycles. The first-order chi connectivity index (χ1) is 10.0. The molecule has 112 valence electrons. The summed E-state index contributed by atoms with van der Waals surface area (Å²) in [5.41, 5.74) is 3.03. The summed E-state index contributed by atoms with van der Waals surface area (Å²) in [6.45, 7) is -1.17. The molecule has 0 radical (unpaired) electrons. The molecule has 0 spiro atoms. The van der Waals surface area contributed by atoms with Crippen LogP contribution in [0, 0.1) is 0 Å². The van der Waals surface area contributed by atoms with Crippen molar-refractivity contribution in [1.82, 2.24) is 5.48 Å². The van der Waals surface area contributed by atoms with Crippen LogP contribution in [-0.2, 0) is 11.4 Å². The molecule has 2 rings (SSSR count). The van der Waals surface area contributed by atoms with Crippen molar-refractivity contribution >= 4 is 0 Å². The smallest absolute Gasteiger partial charge is 0.413 e. The summed E-state index contributed by atoms with van der Waals surface area (Å²) in [6.07, 6.45) is -4.34. The Bertz CT molecular complexity index is 558. The van der Waals surface area contributed by atoms with Gasteiger partial charge in [0.25, 0.3) is 0 Å². The van der Waals surface area contributed by atoms with Crippen LogP contribution < -0.4 is 10.2 Å². The van der Waals surface area contributed by atoms with Gasteiger partial charge in [-0.25, -0.2) is 0 Å². The van der Waals surface area contributed by atoms with E-state index in [4.69, 9.17) is 4.74 Å². The quantitative estimate of drug-likeness (QED) is 0.644. The fourth-order valence-electron chi connectivity index (χ4n) is 1.61. The minimum absolute atomic E-state index is 0.155. The van der Waals surface area contributed by atoms with Crippen molar-refractivity contribution in [2.45, 2.75) is 12.7 Å². The molecule has 1 N–H and O–H groups in total. The van der Waals surface area contributed by atoms with E-state index < -0.39 is 12.8 Å². The standard InChI is InChI=1S/C15H14F3NO2/c16-15(17,18)11-20-19-10-12-5-4-8-14(9-12)21-13-6-2-1-3-7-13/h1-9,19H,10-11H2. The number of rotatable bonds is 6. The topological polar surface area (TPSA) is 30.5 Å². The lowest BCUT2D eigenvalue weighted by Crippen LogP contribution is -2.24. The molecular weight excluding hydrogens is 283 g/mol. The van der Waals surface area contributed by atoms with Gasteiger partial charge in [-0.15, -0.1) is 0 Å². The number of hydroxylamine groups is 1. The van der Waals surface area contributed by atoms with Crippen LogP contribution in [0.1, 0.15) is 5.56 Å². The summed E-state index contributed by atoms with van der Waals surface area (Å²) >= 11 is 0. The average molecular weight is 297 g/mol. The number of ether oxygens (including phenoxy) is 1. The molecule has 0 unspecified atom stereocenters. The molecular formula is C15H14F3NO2. The van der Waals surface area contributed by atoms with E-state index >= 15 is 0 Å². The molecule has 0 aliphatic heterocycles. The van der Waals surface area contributed by atoms with Crippen LogP contribution in [0.5, 0.6) is 11.5 Å². The molecule has 0 aliphatic rings. The van der Waals surface area contributed by atoms with Crippen LogP contribution in [0.15, 0.2) is 54.6 Å². The van der Waals surface area contributed by atoms with Gasteiger partial charge in [0, 0.05) is 6.54 Å². The molecule has 0 fully saturated rings. The lowest BCUT2D eigenvalue weighted by atomic mass is 10.2. The first-order valence-corrected chi connectivity index (χ1v) is 6.26. The summed E-state index contributed by atoms with van der Waals surface area (Å²) < 4.78 is 41.3. The molecule has 0 saturated heterocycles. The molecule has 0 atom stereocenters. The van der Waals surface area contributed by atoms with Crippen molar-refractivity contribution in [3.05, 3.63) is 60.2 Å². The summed E-state index contributed by atoms with van der Waals surface area (Å²) in [5.74, 6) is 1.30. The third-order valence-corrected chi connectivity index (χ3v) is 2.49. The zero-order valence-electron chi connectivity index (χ0n) is 11.1. The van der Waals surface area contributed by atoms with E-state index in [-0.39, 0.29) is 6.54 Å². The van der Waals surface area contributed by atoms with Crippen LogP contribution in [0.4, 0.5) is 13.2 Å². The number of nitrogens with one attached hydrogen (secondary N) is 1. The molecule has 0 saturated carbocycles. The summed E-state index contributed by atoms with van der Waals surface area (Å²) in [6, 6.07) is 16.3. The second kappa shape index (κ2) is 7.10. The van der Waals surface area contributed by atoms with Crippen molar-refractivity contribution < 1.29 is 22.7 Å². The monoisotopic (exact) mass is 297 g/mol. The van der Waals surface area contributed by atoms with Gasteiger partial charge >= 0.3 is 6.18 Å². The van der Waals surface area contributed by atoms with Gasteiger partial charge in [0.1, 0.15) is 11.5 Å². The Labute approximate surface area is 120 Å². The van der Waals surface area contributed by atoms with E-state index in [9.17, 15) is 13.2 Å². The van der Waals surface area contributed by atoms with Crippen LogP contribution >= 0.6 is 0 Å². The van der Waals surface area contributed by atoms with Gasteiger partial charge in [0.2, 0.25) is 0 Å². The summed E-state index contributed by atoms with van der Waals surface area (Å²) in [7, 11) is 0. The highest BCUT2D eigenvalue weighted by Crippen LogP contribution is 2.21. The van der Waals surface area contributed by atoms with E-state index in [0.717, 1.165) is 5.56 Å². The van der Waals surface area contributed by atoms with Crippen molar-refractivity contribution in [3.63, 3.8) is 0 Å². The van der Waals surface area contributed by atoms with Crippen molar-refractivity contribution in [3.8, 4) is 11.5 Å². The Kier molecular flexibility index (Phi) is 5.19. The Balaban J connectivity index is 1.86. The number of halogens is 3. The van der Waals surface area contributed by atoms with Crippen molar-refractivity contribution in [2.75, 3.05) is 6.61 Å². The first-order valence-electron chi connectivity index (χ1n) is 6.26. The van der Waals surface area contributed by atoms with Gasteiger partial charge < -0.3 is 4.74 Å². The van der Waals surface area contributed by atoms with E-state index in [2.05, 4.69) is 10.3 Å². The highest BCUT2D eigenvalue weighted by molar-refractivity contribution is 5.33. The average Bonchev–Trinajstić information content (AvgIpc) is 2.44. The van der Waals surface area contributed by atoms with Crippen LogP contribution in [0.2, 0.25) is 0 Å². The molecule has 2 aromatic carbocycles. The van der Waals surface area contributed by atoms with Gasteiger partial charge in [-0.2, -0.15) is 18.7 Å². The zero-order valence-corrected chi connectivity index (χ0v) is 11.1. The van der Waals surface area contributed by atoms with Gasteiger partial charge in [0.05, 0.1) is 0 Å². The molecule has 0 aromatic heterocycles. The molecule has 0 heterocycles. The van der Waals surface area contributed by atoms with Crippen LogP contribution in [-0.4, -0.2) is 12.8 Å². The van der Waals surface area contributed by atoms with Gasteiger partial charge in [0.15, 0.2) is 6.61 Å². The van der Waals surface area contributed by atoms with Crippen LogP contribution in [0.25, 0.3) is 0 Å². The van der Waals surface area contributed by atoms with Gasteiger partial charge in [-0.1, -0.05) is 30.3 Å². The molecule has 0 bridgehead atoms. The maximum Gasteiger partial charge on any atom is 0.413 e. The van der Waals surface area contributed by atoms with Gasteiger partial charge in [-0.3, -0.25) is 4.84 Å². The Morgan fingerprint density at radius 2 is 1.62 bits per heavy atom. The van der Waals surface area contributed by atoms with E-state index in [1.54, 1.807) is 24.3 Å². The predicted octanol–water partition coefficient (Wildman–Crippen LogP) is 4.06. The zero-order chi connectivity index (χ0) is 15.1. The second-order valence-corrected chi connectivity index (χ2v) is 4.29. The largest absolute Gasteiger partial charge is 0.457 e. The third-order valence-electron chi connectivity index (χ3n) is 2.49. The molecule has 3 nitrogen and oxygen atoms in total. The second-order valence-electron chi connectivity index (χ2n) is 4.29. The number of benzene rings is 2. The third kappa shape index (κ3) is 5.85. The number of hydrogen-bond donors (Lipinski definition) is 1. The maximum absolute atomic E-state index is 11.9. The Hall–Kier alpha value is -2.05. The molecule has 21 heavy (non-hydrogen) atoms. The highest BCUT2D eigenvalue weighted by atomic mass is 19.4. The first kappa shape index (κ1) is 15.3. The van der Waals surface area contributed by atoms with Gasteiger partial charge in [-0.05, 0) is 29.8 Å². The Morgan fingerprint density at radius 3 is 2.33 bits per heavy atom. The summed E-state index contributed by atoms with van der Waals surface area (Å²) in [5, 5.41) is 0. The number of alkyl halides is 3. The minimum atomic E-state index is -4.34. The van der Waals surface area contributed by atoms with E-state index in [1.165, 1.54) is 0 Å².